The van der Waals surface area contributed by atoms with Crippen molar-refractivity contribution in [1.29, 1.82) is 0 Å². The number of aliphatic hydroxyl groups is 1. The van der Waals surface area contributed by atoms with E-state index in [0.717, 1.165) is 53.6 Å². The van der Waals surface area contributed by atoms with Crippen molar-refractivity contribution in [3.05, 3.63) is 102 Å². The first-order chi connectivity index (χ1) is 17.8. The average molecular weight is 498 g/mol. The molecule has 0 heterocycles. The Morgan fingerprint density at radius 2 is 1.62 bits per heavy atom. The van der Waals surface area contributed by atoms with E-state index in [0.29, 0.717) is 18.6 Å². The molecule has 5 heteroatoms. The van der Waals surface area contributed by atoms with E-state index in [1.54, 1.807) is 0 Å². The van der Waals surface area contributed by atoms with Crippen molar-refractivity contribution < 1.29 is 19.8 Å². The molecule has 1 unspecified atom stereocenters. The van der Waals surface area contributed by atoms with Crippen LogP contribution in [0.25, 0.3) is 16.9 Å². The lowest BCUT2D eigenvalue weighted by Gasteiger charge is -2.14. The Morgan fingerprint density at radius 3 is 2.22 bits per heavy atom. The van der Waals surface area contributed by atoms with E-state index in [-0.39, 0.29) is 11.8 Å². The Labute approximate surface area is 219 Å². The molecule has 37 heavy (non-hydrogen) atoms. The molecule has 1 atom stereocenters. The molecule has 3 aromatic carbocycles. The molecular weight excluding hydrogens is 462 g/mol. The summed E-state index contributed by atoms with van der Waals surface area (Å²) in [5.41, 5.74) is 5.89. The molecule has 0 aromatic heterocycles. The van der Waals surface area contributed by atoms with Crippen molar-refractivity contribution in [2.24, 2.45) is 5.16 Å². The van der Waals surface area contributed by atoms with Gasteiger partial charge in [0.05, 0.1) is 18.2 Å². The average Bonchev–Trinajstić information content (AvgIpc) is 3.68. The van der Waals surface area contributed by atoms with Crippen molar-refractivity contribution in [3.63, 3.8) is 0 Å². The topological polar surface area (TPSA) is 79.1 Å². The SMILES string of the molecule is C=C(O/N=C(/C)CC(O)CCCc1ccccc1)c1ccc(-c2ccc(C3(CC(=O)O)CC3)cc2)cc1. The van der Waals surface area contributed by atoms with Gasteiger partial charge < -0.3 is 15.1 Å². The zero-order valence-corrected chi connectivity index (χ0v) is 21.4. The van der Waals surface area contributed by atoms with Crippen LogP contribution in [0, 0.1) is 0 Å². The minimum absolute atomic E-state index is 0.180. The zero-order chi connectivity index (χ0) is 26.3. The Balaban J connectivity index is 1.25. The molecule has 3 aromatic rings. The second-order valence-corrected chi connectivity index (χ2v) is 10.1. The van der Waals surface area contributed by atoms with Crippen LogP contribution in [0.2, 0.25) is 0 Å². The third kappa shape index (κ3) is 7.40. The molecule has 0 amide bonds. The molecular formula is C32H35NO4. The van der Waals surface area contributed by atoms with E-state index in [1.165, 1.54) is 5.56 Å². The summed E-state index contributed by atoms with van der Waals surface area (Å²) in [4.78, 5) is 16.7. The van der Waals surface area contributed by atoms with Crippen molar-refractivity contribution >= 4 is 17.4 Å². The van der Waals surface area contributed by atoms with Crippen LogP contribution in [0.5, 0.6) is 0 Å². The van der Waals surface area contributed by atoms with E-state index >= 15 is 0 Å². The van der Waals surface area contributed by atoms with Crippen LogP contribution in [0.4, 0.5) is 0 Å². The van der Waals surface area contributed by atoms with Crippen LogP contribution in [0.1, 0.15) is 62.1 Å². The molecule has 192 valence electrons. The molecule has 1 aliphatic rings. The molecule has 5 nitrogen and oxygen atoms in total. The summed E-state index contributed by atoms with van der Waals surface area (Å²) in [6, 6.07) is 26.4. The van der Waals surface area contributed by atoms with E-state index in [4.69, 9.17) is 4.84 Å². The maximum absolute atomic E-state index is 11.2. The summed E-state index contributed by atoms with van der Waals surface area (Å²) < 4.78 is 0. The van der Waals surface area contributed by atoms with Gasteiger partial charge in [-0.2, -0.15) is 0 Å². The lowest BCUT2D eigenvalue weighted by Crippen LogP contribution is -2.12. The number of oxime groups is 1. The van der Waals surface area contributed by atoms with Crippen molar-refractivity contribution in [3.8, 4) is 11.1 Å². The molecule has 1 saturated carbocycles. The summed E-state index contributed by atoms with van der Waals surface area (Å²) in [5.74, 6) is -0.293. The van der Waals surface area contributed by atoms with Crippen LogP contribution in [-0.4, -0.2) is 28.0 Å². The Morgan fingerprint density at radius 1 is 1.00 bits per heavy atom. The van der Waals surface area contributed by atoms with Crippen molar-refractivity contribution in [1.82, 2.24) is 0 Å². The number of aliphatic carboxylic acids is 1. The highest BCUT2D eigenvalue weighted by Gasteiger charge is 2.45. The summed E-state index contributed by atoms with van der Waals surface area (Å²) >= 11 is 0. The maximum atomic E-state index is 11.2. The first-order valence-corrected chi connectivity index (χ1v) is 12.9. The highest BCUT2D eigenvalue weighted by molar-refractivity contribution is 5.82. The molecule has 1 aliphatic carbocycles. The summed E-state index contributed by atoms with van der Waals surface area (Å²) in [7, 11) is 0. The highest BCUT2D eigenvalue weighted by atomic mass is 16.6. The minimum Gasteiger partial charge on any atom is -0.481 e. The lowest BCUT2D eigenvalue weighted by atomic mass is 9.91. The first-order valence-electron chi connectivity index (χ1n) is 12.9. The minimum atomic E-state index is -0.742. The van der Waals surface area contributed by atoms with Crippen LogP contribution in [0.3, 0.4) is 0 Å². The largest absolute Gasteiger partial charge is 0.481 e. The summed E-state index contributed by atoms with van der Waals surface area (Å²) in [5, 5.41) is 23.7. The normalized spacial score (nSPS) is 15.1. The molecule has 0 aliphatic heterocycles. The molecule has 0 saturated heterocycles. The fourth-order valence-corrected chi connectivity index (χ4v) is 4.73. The number of carboxylic acid groups (broad SMARTS) is 1. The Kier molecular flexibility index (Phi) is 8.57. The third-order valence-corrected chi connectivity index (χ3v) is 7.07. The number of aliphatic hydroxyl groups excluding tert-OH is 1. The number of rotatable bonds is 13. The standard InChI is InChI=1S/C32H35NO4/c1-23(21-30(34)10-6-9-25-7-4-3-5-8-25)33-37-24(2)26-11-13-27(14-12-26)28-15-17-29(18-16-28)32(19-20-32)22-31(35)36/h3-5,7-8,11-18,30,34H,2,6,9-10,19-22H2,1H3,(H,35,36)/b33-23-. The van der Waals surface area contributed by atoms with Gasteiger partial charge in [0.2, 0.25) is 0 Å². The van der Waals surface area contributed by atoms with Crippen LogP contribution in [0.15, 0.2) is 90.6 Å². The van der Waals surface area contributed by atoms with Gasteiger partial charge in [-0.1, -0.05) is 90.6 Å². The maximum Gasteiger partial charge on any atom is 0.304 e. The zero-order valence-electron chi connectivity index (χ0n) is 21.4. The van der Waals surface area contributed by atoms with E-state index in [1.807, 2.05) is 49.4 Å². The predicted molar refractivity (Wildman–Crippen MR) is 148 cm³/mol. The quantitative estimate of drug-likeness (QED) is 0.151. The fraction of sp³-hybridized carbons (Fsp3) is 0.312. The van der Waals surface area contributed by atoms with Gasteiger partial charge in [-0.25, -0.2) is 0 Å². The van der Waals surface area contributed by atoms with Crippen molar-refractivity contribution in [2.75, 3.05) is 0 Å². The number of aryl methyl sites for hydroxylation is 1. The van der Waals surface area contributed by atoms with Gasteiger partial charge in [0.15, 0.2) is 5.76 Å². The van der Waals surface area contributed by atoms with Gasteiger partial charge in [0.25, 0.3) is 0 Å². The van der Waals surface area contributed by atoms with E-state index in [9.17, 15) is 15.0 Å². The van der Waals surface area contributed by atoms with Gasteiger partial charge in [-0.15, -0.1) is 0 Å². The van der Waals surface area contributed by atoms with Gasteiger partial charge >= 0.3 is 5.97 Å². The number of carboxylic acids is 1. The molecule has 1 fully saturated rings. The second kappa shape index (κ2) is 12.0. The number of nitrogens with zero attached hydrogens (tertiary/aromatic N) is 1. The first kappa shape index (κ1) is 26.4. The Hall–Kier alpha value is -3.70. The van der Waals surface area contributed by atoms with Crippen molar-refractivity contribution in [2.45, 2.75) is 63.4 Å². The van der Waals surface area contributed by atoms with Crippen LogP contribution in [-0.2, 0) is 21.5 Å². The number of hydrogen-bond donors (Lipinski definition) is 2. The molecule has 0 radical (unpaired) electrons. The fourth-order valence-electron chi connectivity index (χ4n) is 4.73. The molecule has 2 N–H and O–H groups in total. The molecule has 0 spiro atoms. The monoisotopic (exact) mass is 497 g/mol. The van der Waals surface area contributed by atoms with Crippen LogP contribution >= 0.6 is 0 Å². The highest BCUT2D eigenvalue weighted by Crippen LogP contribution is 2.51. The third-order valence-electron chi connectivity index (χ3n) is 7.07. The molecule has 4 rings (SSSR count). The summed E-state index contributed by atoms with van der Waals surface area (Å²) in [6.45, 7) is 5.84. The number of benzene rings is 3. The summed E-state index contributed by atoms with van der Waals surface area (Å²) in [6.07, 6.45) is 4.66. The van der Waals surface area contributed by atoms with E-state index < -0.39 is 12.1 Å². The van der Waals surface area contributed by atoms with Crippen LogP contribution < -0.4 is 0 Å². The molecule has 0 bridgehead atoms. The smallest absolute Gasteiger partial charge is 0.304 e. The predicted octanol–water partition coefficient (Wildman–Crippen LogP) is 7.00. The van der Waals surface area contributed by atoms with Gasteiger partial charge in [0, 0.05) is 17.4 Å². The lowest BCUT2D eigenvalue weighted by molar-refractivity contribution is -0.137. The van der Waals surface area contributed by atoms with Gasteiger partial charge in [0.1, 0.15) is 0 Å². The number of carbonyl (C=O) groups is 1. The van der Waals surface area contributed by atoms with Gasteiger partial charge in [-0.05, 0) is 61.3 Å². The van der Waals surface area contributed by atoms with E-state index in [2.05, 4.69) is 48.1 Å². The Bertz CT molecular complexity index is 1230. The second-order valence-electron chi connectivity index (χ2n) is 10.1. The number of hydrogen-bond acceptors (Lipinski definition) is 4. The van der Waals surface area contributed by atoms with Gasteiger partial charge in [-0.3, -0.25) is 4.79 Å².